The molecule has 2 aromatic heterocycles. The maximum Gasteiger partial charge on any atom is 0.122 e. The molecule has 0 bridgehead atoms. The van der Waals surface area contributed by atoms with Crippen LogP contribution in [0.2, 0.25) is 0 Å². The van der Waals surface area contributed by atoms with Gasteiger partial charge in [0.25, 0.3) is 0 Å². The summed E-state index contributed by atoms with van der Waals surface area (Å²) < 4.78 is 12.8. The van der Waals surface area contributed by atoms with Crippen LogP contribution in [-0.4, -0.2) is 34.2 Å². The van der Waals surface area contributed by atoms with Crippen molar-refractivity contribution in [1.29, 1.82) is 0 Å². The van der Waals surface area contributed by atoms with Crippen LogP contribution in [0.3, 0.4) is 0 Å². The van der Waals surface area contributed by atoms with Gasteiger partial charge in [0, 0.05) is 32.1 Å². The summed E-state index contributed by atoms with van der Waals surface area (Å²) in [4.78, 5) is 6.93. The molecule has 0 saturated carbocycles. The maximum atomic E-state index is 5.52. The van der Waals surface area contributed by atoms with Gasteiger partial charge in [0.1, 0.15) is 11.6 Å². The Labute approximate surface area is 132 Å². The average molecular weight is 305 g/mol. The fourth-order valence-electron chi connectivity index (χ4n) is 2.43. The second-order valence-corrected chi connectivity index (χ2v) is 6.00. The van der Waals surface area contributed by atoms with Gasteiger partial charge in [0.15, 0.2) is 0 Å². The Morgan fingerprint density at radius 3 is 2.77 bits per heavy atom. The quantitative estimate of drug-likeness (QED) is 0.714. The molecule has 0 fully saturated rings. The van der Waals surface area contributed by atoms with E-state index in [0.29, 0.717) is 18.6 Å². The van der Waals surface area contributed by atoms with Crippen LogP contribution in [0, 0.1) is 5.92 Å². The van der Waals surface area contributed by atoms with Gasteiger partial charge in [-0.05, 0) is 25.0 Å². The Bertz CT molecular complexity index is 534. The summed E-state index contributed by atoms with van der Waals surface area (Å²) in [7, 11) is 1.72. The molecular weight excluding hydrogens is 278 g/mol. The third kappa shape index (κ3) is 4.45. The maximum absolute atomic E-state index is 5.52. The number of furan rings is 1. The van der Waals surface area contributed by atoms with Crippen molar-refractivity contribution < 1.29 is 9.15 Å². The summed E-state index contributed by atoms with van der Waals surface area (Å²) in [5.41, 5.74) is 0. The van der Waals surface area contributed by atoms with E-state index in [1.54, 1.807) is 13.4 Å². The molecule has 2 heterocycles. The molecule has 0 aromatic carbocycles. The Morgan fingerprint density at radius 2 is 2.14 bits per heavy atom. The minimum atomic E-state index is 0.442. The van der Waals surface area contributed by atoms with Gasteiger partial charge in [-0.1, -0.05) is 13.8 Å². The smallest absolute Gasteiger partial charge is 0.122 e. The highest BCUT2D eigenvalue weighted by atomic mass is 16.5. The van der Waals surface area contributed by atoms with Crippen LogP contribution in [0.15, 0.2) is 35.2 Å². The molecule has 5 nitrogen and oxygen atoms in total. The predicted octanol–water partition coefficient (Wildman–Crippen LogP) is 3.17. The van der Waals surface area contributed by atoms with E-state index in [9.17, 15) is 0 Å². The zero-order valence-electron chi connectivity index (χ0n) is 14.0. The van der Waals surface area contributed by atoms with Crippen molar-refractivity contribution in [2.24, 2.45) is 5.92 Å². The molecule has 0 amide bonds. The molecule has 22 heavy (non-hydrogen) atoms. The van der Waals surface area contributed by atoms with Crippen molar-refractivity contribution in [2.45, 2.75) is 46.4 Å². The van der Waals surface area contributed by atoms with Gasteiger partial charge in [-0.3, -0.25) is 4.90 Å². The number of aromatic nitrogens is 2. The van der Waals surface area contributed by atoms with Crippen LogP contribution >= 0.6 is 0 Å². The van der Waals surface area contributed by atoms with Crippen molar-refractivity contribution in [3.63, 3.8) is 0 Å². The molecule has 5 heteroatoms. The fraction of sp³-hybridized carbons (Fsp3) is 0.588. The Hall–Kier alpha value is -1.59. The van der Waals surface area contributed by atoms with Crippen LogP contribution < -0.4 is 0 Å². The first-order valence-electron chi connectivity index (χ1n) is 7.87. The van der Waals surface area contributed by atoms with Crippen LogP contribution in [-0.2, 0) is 24.4 Å². The van der Waals surface area contributed by atoms with Crippen molar-refractivity contribution in [3.8, 4) is 0 Å². The molecule has 0 spiro atoms. The summed E-state index contributed by atoms with van der Waals surface area (Å²) in [6.07, 6.45) is 5.60. The van der Waals surface area contributed by atoms with E-state index in [0.717, 1.165) is 31.2 Å². The lowest BCUT2D eigenvalue weighted by molar-refractivity contribution is 0.133. The Kier molecular flexibility index (Phi) is 6.21. The van der Waals surface area contributed by atoms with Gasteiger partial charge in [-0.25, -0.2) is 4.98 Å². The first-order chi connectivity index (χ1) is 10.6. The molecular formula is C17H27N3O2. The zero-order chi connectivity index (χ0) is 15.9. The Morgan fingerprint density at radius 1 is 1.32 bits per heavy atom. The van der Waals surface area contributed by atoms with E-state index in [4.69, 9.17) is 9.15 Å². The van der Waals surface area contributed by atoms with Crippen molar-refractivity contribution >= 4 is 0 Å². The van der Waals surface area contributed by atoms with E-state index in [-0.39, 0.29) is 0 Å². The molecule has 0 aliphatic rings. The lowest BCUT2D eigenvalue weighted by atomic mass is 10.0. The lowest BCUT2D eigenvalue weighted by Crippen LogP contribution is -2.36. The Balaban J connectivity index is 2.10. The summed E-state index contributed by atoms with van der Waals surface area (Å²) in [5.74, 6) is 2.62. The summed E-state index contributed by atoms with van der Waals surface area (Å²) in [5, 5.41) is 0. The van der Waals surface area contributed by atoms with Gasteiger partial charge in [-0.2, -0.15) is 0 Å². The van der Waals surface area contributed by atoms with E-state index in [1.807, 2.05) is 24.5 Å². The molecule has 0 N–H and O–H groups in total. The van der Waals surface area contributed by atoms with E-state index in [1.165, 1.54) is 0 Å². The van der Waals surface area contributed by atoms with Gasteiger partial charge >= 0.3 is 0 Å². The van der Waals surface area contributed by atoms with E-state index in [2.05, 4.69) is 35.2 Å². The second-order valence-electron chi connectivity index (χ2n) is 6.00. The zero-order valence-corrected chi connectivity index (χ0v) is 14.0. The number of imidazole rings is 1. The number of methoxy groups -OCH3 is 1. The van der Waals surface area contributed by atoms with Gasteiger partial charge < -0.3 is 13.7 Å². The molecule has 0 radical (unpaired) electrons. The van der Waals surface area contributed by atoms with Crippen LogP contribution in [0.5, 0.6) is 0 Å². The summed E-state index contributed by atoms with van der Waals surface area (Å²) in [6, 6.07) is 4.41. The first kappa shape index (κ1) is 16.8. The number of hydrogen-bond acceptors (Lipinski definition) is 4. The van der Waals surface area contributed by atoms with Crippen molar-refractivity contribution in [3.05, 3.63) is 42.4 Å². The predicted molar refractivity (Wildman–Crippen MR) is 86.4 cm³/mol. The second kappa shape index (κ2) is 8.15. The number of ether oxygens (including phenoxy) is 1. The van der Waals surface area contributed by atoms with Gasteiger partial charge in [0.2, 0.25) is 0 Å². The molecule has 2 aromatic rings. The van der Waals surface area contributed by atoms with Crippen LogP contribution in [0.25, 0.3) is 0 Å². The van der Waals surface area contributed by atoms with Crippen molar-refractivity contribution in [1.82, 2.24) is 14.5 Å². The highest BCUT2D eigenvalue weighted by Gasteiger charge is 2.20. The average Bonchev–Trinajstić information content (AvgIpc) is 3.15. The molecule has 2 rings (SSSR count). The normalized spacial score (nSPS) is 13.2. The minimum Gasteiger partial charge on any atom is -0.468 e. The molecule has 1 atom stereocenters. The van der Waals surface area contributed by atoms with E-state index < -0.39 is 0 Å². The summed E-state index contributed by atoms with van der Waals surface area (Å²) >= 11 is 0. The third-order valence-corrected chi connectivity index (χ3v) is 4.16. The van der Waals surface area contributed by atoms with Crippen molar-refractivity contribution in [2.75, 3.05) is 13.7 Å². The van der Waals surface area contributed by atoms with E-state index >= 15 is 0 Å². The standard InChI is InChI=1S/C17H27N3O2/c1-14(2)15(3)20(12-16-6-5-10-22-16)13-17-18-7-8-19(17)9-11-21-4/h5-8,10,14-15H,9,11-13H2,1-4H3/t15-/m1/s1. The molecule has 0 aliphatic heterocycles. The first-order valence-corrected chi connectivity index (χ1v) is 7.87. The fourth-order valence-corrected chi connectivity index (χ4v) is 2.43. The summed E-state index contributed by atoms with van der Waals surface area (Å²) in [6.45, 7) is 9.88. The van der Waals surface area contributed by atoms with Crippen LogP contribution in [0.4, 0.5) is 0 Å². The molecule has 0 saturated heterocycles. The number of nitrogens with zero attached hydrogens (tertiary/aromatic N) is 3. The highest BCUT2D eigenvalue weighted by Crippen LogP contribution is 2.17. The molecule has 122 valence electrons. The highest BCUT2D eigenvalue weighted by molar-refractivity contribution is 5.00. The largest absolute Gasteiger partial charge is 0.468 e. The van der Waals surface area contributed by atoms with Gasteiger partial charge in [0.05, 0.1) is 26.0 Å². The monoisotopic (exact) mass is 305 g/mol. The van der Waals surface area contributed by atoms with Gasteiger partial charge in [-0.15, -0.1) is 0 Å². The SMILES string of the molecule is COCCn1ccnc1CN(Cc1ccco1)[C@H](C)C(C)C. The number of hydrogen-bond donors (Lipinski definition) is 0. The minimum absolute atomic E-state index is 0.442. The topological polar surface area (TPSA) is 43.4 Å². The third-order valence-electron chi connectivity index (χ3n) is 4.16. The van der Waals surface area contributed by atoms with Crippen LogP contribution in [0.1, 0.15) is 32.4 Å². The lowest BCUT2D eigenvalue weighted by Gasteiger charge is -2.31. The number of rotatable bonds is 9. The molecule has 0 aliphatic carbocycles. The molecule has 0 unspecified atom stereocenters.